The lowest BCUT2D eigenvalue weighted by Crippen LogP contribution is -2.59. The van der Waals surface area contributed by atoms with Crippen LogP contribution in [0, 0.1) is 34.5 Å². The minimum atomic E-state index is -0.539. The highest BCUT2D eigenvalue weighted by Crippen LogP contribution is 2.65. The maximum atomic E-state index is 11.7. The summed E-state index contributed by atoms with van der Waals surface area (Å²) in [6, 6.07) is 0.712. The number of nitrogens with one attached hydrogen (secondary N) is 1. The van der Waals surface area contributed by atoms with Gasteiger partial charge in [-0.25, -0.2) is 0 Å². The van der Waals surface area contributed by atoms with Crippen molar-refractivity contribution in [3.8, 4) is 0 Å². The van der Waals surface area contributed by atoms with Crippen molar-refractivity contribution >= 4 is 5.97 Å². The van der Waals surface area contributed by atoms with Crippen molar-refractivity contribution in [1.82, 2.24) is 5.32 Å². The first-order valence-electron chi connectivity index (χ1n) is 9.43. The van der Waals surface area contributed by atoms with E-state index in [1.54, 1.807) is 0 Å². The van der Waals surface area contributed by atoms with Crippen molar-refractivity contribution in [2.45, 2.75) is 71.3 Å². The third-order valence-electron chi connectivity index (χ3n) is 8.45. The molecule has 2 N–H and O–H groups in total. The molecule has 1 aliphatic heterocycles. The molecule has 0 unspecified atom stereocenters. The molecule has 22 heavy (non-hydrogen) atoms. The quantitative estimate of drug-likeness (QED) is 0.777. The zero-order chi connectivity index (χ0) is 15.5. The highest BCUT2D eigenvalue weighted by molar-refractivity contribution is 5.71. The highest BCUT2D eigenvalue weighted by Gasteiger charge is 2.60. The van der Waals surface area contributed by atoms with Crippen LogP contribution in [-0.2, 0) is 4.79 Å². The van der Waals surface area contributed by atoms with Crippen molar-refractivity contribution in [2.24, 2.45) is 34.5 Å². The molecule has 4 rings (SSSR count). The van der Waals surface area contributed by atoms with E-state index in [1.165, 1.54) is 38.6 Å². The molecule has 4 aliphatic rings. The fourth-order valence-corrected chi connectivity index (χ4v) is 7.30. The maximum absolute atomic E-state index is 11.7. The molecular weight excluding hydrogens is 274 g/mol. The number of carboxylic acids is 1. The number of hydrogen-bond donors (Lipinski definition) is 2. The highest BCUT2D eigenvalue weighted by atomic mass is 16.4. The summed E-state index contributed by atoms with van der Waals surface area (Å²) in [5.74, 6) is 1.64. The van der Waals surface area contributed by atoms with Crippen LogP contribution in [0.4, 0.5) is 0 Å². The van der Waals surface area contributed by atoms with Gasteiger partial charge in [0.05, 0.1) is 5.92 Å². The van der Waals surface area contributed by atoms with Crippen LogP contribution in [0.5, 0.6) is 0 Å². The molecule has 7 atom stereocenters. The summed E-state index contributed by atoms with van der Waals surface area (Å²) in [4.78, 5) is 11.7. The number of piperidine rings is 1. The molecule has 0 radical (unpaired) electrons. The lowest BCUT2D eigenvalue weighted by atomic mass is 9.47. The van der Waals surface area contributed by atoms with Gasteiger partial charge in [-0.15, -0.1) is 0 Å². The zero-order valence-electron chi connectivity index (χ0n) is 14.1. The Hall–Kier alpha value is -0.570. The molecule has 4 fully saturated rings. The molecule has 0 aromatic rings. The molecule has 3 saturated carbocycles. The van der Waals surface area contributed by atoms with Gasteiger partial charge in [-0.05, 0) is 86.5 Å². The number of hydrogen-bond acceptors (Lipinski definition) is 2. The van der Waals surface area contributed by atoms with Gasteiger partial charge in [0.15, 0.2) is 0 Å². The first-order chi connectivity index (χ1) is 10.5. The minimum Gasteiger partial charge on any atom is -0.481 e. The van der Waals surface area contributed by atoms with Gasteiger partial charge in [0.2, 0.25) is 0 Å². The van der Waals surface area contributed by atoms with E-state index in [2.05, 4.69) is 19.2 Å². The summed E-state index contributed by atoms with van der Waals surface area (Å²) in [5, 5.41) is 13.4. The molecule has 0 spiro atoms. The molecular formula is C19H31NO2. The summed E-state index contributed by atoms with van der Waals surface area (Å²) in [5.41, 5.74) is 0.530. The van der Waals surface area contributed by atoms with Gasteiger partial charge in [0, 0.05) is 6.04 Å². The SMILES string of the molecule is C[C@]12CCCN[C@@H]1CC[C@@H]1[C@@H]2CC[C@]2(C)[C@@H](C(=O)O)CC[C@@H]12. The van der Waals surface area contributed by atoms with Crippen molar-refractivity contribution < 1.29 is 9.90 Å². The number of aliphatic carboxylic acids is 1. The molecule has 0 amide bonds. The van der Waals surface area contributed by atoms with E-state index in [-0.39, 0.29) is 11.3 Å². The lowest BCUT2D eigenvalue weighted by Gasteiger charge is -2.60. The van der Waals surface area contributed by atoms with E-state index >= 15 is 0 Å². The average Bonchev–Trinajstić information content (AvgIpc) is 2.84. The van der Waals surface area contributed by atoms with E-state index < -0.39 is 5.97 Å². The van der Waals surface area contributed by atoms with Gasteiger partial charge in [-0.3, -0.25) is 4.79 Å². The fraction of sp³-hybridized carbons (Fsp3) is 0.947. The molecule has 124 valence electrons. The van der Waals surface area contributed by atoms with Gasteiger partial charge in [0.1, 0.15) is 0 Å². The molecule has 0 aromatic heterocycles. The Kier molecular flexibility index (Phi) is 3.38. The second-order valence-corrected chi connectivity index (χ2v) is 9.08. The van der Waals surface area contributed by atoms with E-state index in [0.717, 1.165) is 31.1 Å². The lowest BCUT2D eigenvalue weighted by molar-refractivity contribution is -0.150. The van der Waals surface area contributed by atoms with E-state index in [9.17, 15) is 9.90 Å². The Morgan fingerprint density at radius 3 is 2.55 bits per heavy atom. The smallest absolute Gasteiger partial charge is 0.307 e. The molecule has 1 saturated heterocycles. The Labute approximate surface area is 134 Å². The predicted octanol–water partition coefficient (Wildman–Crippen LogP) is 3.68. The van der Waals surface area contributed by atoms with Crippen LogP contribution in [0.1, 0.15) is 65.2 Å². The molecule has 0 bridgehead atoms. The second kappa shape index (κ2) is 4.96. The summed E-state index contributed by atoms with van der Waals surface area (Å²) in [7, 11) is 0. The van der Waals surface area contributed by atoms with Gasteiger partial charge in [0.25, 0.3) is 0 Å². The number of carbonyl (C=O) groups is 1. The van der Waals surface area contributed by atoms with Gasteiger partial charge < -0.3 is 10.4 Å². The van der Waals surface area contributed by atoms with E-state index in [0.29, 0.717) is 17.4 Å². The molecule has 0 aromatic carbocycles. The average molecular weight is 305 g/mol. The molecule has 3 aliphatic carbocycles. The van der Waals surface area contributed by atoms with Crippen LogP contribution in [0.25, 0.3) is 0 Å². The van der Waals surface area contributed by atoms with Crippen molar-refractivity contribution in [2.75, 3.05) is 6.54 Å². The third kappa shape index (κ3) is 1.87. The van der Waals surface area contributed by atoms with Crippen LogP contribution in [0.15, 0.2) is 0 Å². The maximum Gasteiger partial charge on any atom is 0.307 e. The third-order valence-corrected chi connectivity index (χ3v) is 8.45. The van der Waals surface area contributed by atoms with E-state index in [1.807, 2.05) is 0 Å². The fourth-order valence-electron chi connectivity index (χ4n) is 7.30. The summed E-state index contributed by atoms with van der Waals surface area (Å²) >= 11 is 0. The van der Waals surface area contributed by atoms with Crippen molar-refractivity contribution in [1.29, 1.82) is 0 Å². The molecule has 3 nitrogen and oxygen atoms in total. The van der Waals surface area contributed by atoms with Crippen LogP contribution in [0.3, 0.4) is 0 Å². The standard InChI is InChI=1S/C19H31NO2/c1-18-10-8-14-12(13(18)5-6-15(18)17(21)22)4-7-16-19(14,2)9-3-11-20-16/h12-16,20H,3-11H2,1-2H3,(H,21,22)/t12-,13-,14-,15+,16+,18-,19+/m0/s1. The van der Waals surface area contributed by atoms with Crippen molar-refractivity contribution in [3.05, 3.63) is 0 Å². The minimum absolute atomic E-state index is 0.0678. The molecule has 3 heteroatoms. The largest absolute Gasteiger partial charge is 0.481 e. The van der Waals surface area contributed by atoms with Crippen molar-refractivity contribution in [3.63, 3.8) is 0 Å². The predicted molar refractivity (Wildman–Crippen MR) is 86.5 cm³/mol. The van der Waals surface area contributed by atoms with E-state index in [4.69, 9.17) is 0 Å². The van der Waals surface area contributed by atoms with Gasteiger partial charge in [-0.2, -0.15) is 0 Å². The summed E-state index contributed by atoms with van der Waals surface area (Å²) in [6.07, 6.45) is 9.79. The first kappa shape index (κ1) is 15.0. The summed E-state index contributed by atoms with van der Waals surface area (Å²) in [6.45, 7) is 6.03. The monoisotopic (exact) mass is 305 g/mol. The number of carboxylic acid groups (broad SMARTS) is 1. The Morgan fingerprint density at radius 2 is 1.77 bits per heavy atom. The van der Waals surface area contributed by atoms with Crippen LogP contribution in [-0.4, -0.2) is 23.7 Å². The van der Waals surface area contributed by atoms with Gasteiger partial charge in [-0.1, -0.05) is 13.8 Å². The normalized spacial score (nSPS) is 54.2. The Bertz CT molecular complexity index is 478. The Balaban J connectivity index is 1.63. The topological polar surface area (TPSA) is 49.3 Å². The van der Waals surface area contributed by atoms with Crippen LogP contribution >= 0.6 is 0 Å². The second-order valence-electron chi connectivity index (χ2n) is 9.08. The summed E-state index contributed by atoms with van der Waals surface area (Å²) < 4.78 is 0. The van der Waals surface area contributed by atoms with Crippen LogP contribution in [0.2, 0.25) is 0 Å². The van der Waals surface area contributed by atoms with Crippen LogP contribution < -0.4 is 5.32 Å². The number of rotatable bonds is 1. The van der Waals surface area contributed by atoms with Gasteiger partial charge >= 0.3 is 5.97 Å². The zero-order valence-corrected chi connectivity index (χ0v) is 14.1. The number of fused-ring (bicyclic) bond motifs is 5. The Morgan fingerprint density at radius 1 is 1.00 bits per heavy atom. The first-order valence-corrected chi connectivity index (χ1v) is 9.43. The molecule has 1 heterocycles.